The molecule has 144 valence electrons. The van der Waals surface area contributed by atoms with Gasteiger partial charge in [-0.1, -0.05) is 0 Å². The molecule has 0 unspecified atom stereocenters. The molecule has 11 nitrogen and oxygen atoms in total. The van der Waals surface area contributed by atoms with Crippen molar-refractivity contribution < 1.29 is 27.5 Å². The van der Waals surface area contributed by atoms with Gasteiger partial charge in [0.05, 0.1) is 31.0 Å². The molecule has 27 heavy (non-hydrogen) atoms. The van der Waals surface area contributed by atoms with E-state index in [1.807, 2.05) is 4.98 Å². The number of carbonyl (C=O) groups is 2. The first-order valence-electron chi connectivity index (χ1n) is 7.26. The van der Waals surface area contributed by atoms with Gasteiger partial charge < -0.3 is 14.5 Å². The zero-order chi connectivity index (χ0) is 20.4. The summed E-state index contributed by atoms with van der Waals surface area (Å²) in [5.74, 6) is -1.64. The monoisotopic (exact) mass is 397 g/mol. The lowest BCUT2D eigenvalue weighted by molar-refractivity contribution is 0.0599. The number of ether oxygens (including phenoxy) is 2. The van der Waals surface area contributed by atoms with E-state index in [-0.39, 0.29) is 22.5 Å². The summed E-state index contributed by atoms with van der Waals surface area (Å²) in [6, 6.07) is 3.39. The quantitative estimate of drug-likeness (QED) is 0.581. The number of carbonyl (C=O) groups excluding carboxylic acids is 2. The Bertz CT molecular complexity index is 1100. The van der Waals surface area contributed by atoms with Gasteiger partial charge in [0.2, 0.25) is 0 Å². The number of benzene rings is 1. The van der Waals surface area contributed by atoms with Crippen molar-refractivity contribution >= 4 is 27.6 Å². The minimum absolute atomic E-state index is 0.120. The van der Waals surface area contributed by atoms with E-state index >= 15 is 0 Å². The highest BCUT2D eigenvalue weighted by molar-refractivity contribution is 7.92. The summed E-state index contributed by atoms with van der Waals surface area (Å²) < 4.78 is 36.4. The van der Waals surface area contributed by atoms with Gasteiger partial charge in [-0.3, -0.25) is 14.5 Å². The van der Waals surface area contributed by atoms with Crippen LogP contribution < -0.4 is 16.0 Å². The summed E-state index contributed by atoms with van der Waals surface area (Å²) in [6.45, 7) is 1.23. The summed E-state index contributed by atoms with van der Waals surface area (Å²) >= 11 is 0. The molecule has 2 rings (SSSR count). The van der Waals surface area contributed by atoms with Crippen molar-refractivity contribution in [3.8, 4) is 0 Å². The van der Waals surface area contributed by atoms with Crippen LogP contribution >= 0.6 is 0 Å². The molecule has 2 aromatic rings. The van der Waals surface area contributed by atoms with E-state index in [4.69, 9.17) is 0 Å². The summed E-state index contributed by atoms with van der Waals surface area (Å²) in [5.41, 5.74) is -2.61. The van der Waals surface area contributed by atoms with E-state index in [9.17, 15) is 27.6 Å². The fourth-order valence-corrected chi connectivity index (χ4v) is 3.56. The maximum atomic E-state index is 12.6. The number of esters is 2. The van der Waals surface area contributed by atoms with Crippen LogP contribution in [0.2, 0.25) is 0 Å². The number of aromatic nitrogens is 2. The SMILES string of the molecule is COC(=O)c1cc(NS(=O)(=O)c2c(C)[nH]c(=O)[nH]c2=O)cc(C(=O)OC)c1. The van der Waals surface area contributed by atoms with Crippen molar-refractivity contribution in [3.63, 3.8) is 0 Å². The molecule has 0 spiro atoms. The van der Waals surface area contributed by atoms with Gasteiger partial charge in [0.25, 0.3) is 15.6 Å². The Morgan fingerprint density at radius 2 is 1.48 bits per heavy atom. The highest BCUT2D eigenvalue weighted by atomic mass is 32.2. The molecule has 0 saturated heterocycles. The second kappa shape index (κ2) is 7.45. The maximum Gasteiger partial charge on any atom is 0.337 e. The topological polar surface area (TPSA) is 164 Å². The number of aryl methyl sites for hydroxylation is 1. The first-order chi connectivity index (χ1) is 12.6. The fourth-order valence-electron chi connectivity index (χ4n) is 2.28. The van der Waals surface area contributed by atoms with Gasteiger partial charge in [-0.25, -0.2) is 22.8 Å². The highest BCUT2D eigenvalue weighted by Gasteiger charge is 2.24. The van der Waals surface area contributed by atoms with Crippen LogP contribution in [0.5, 0.6) is 0 Å². The van der Waals surface area contributed by atoms with Crippen molar-refractivity contribution in [2.75, 3.05) is 18.9 Å². The normalized spacial score (nSPS) is 10.9. The molecule has 12 heteroatoms. The number of rotatable bonds is 5. The third-order valence-corrected chi connectivity index (χ3v) is 4.90. The number of nitrogens with one attached hydrogen (secondary N) is 3. The second-order valence-electron chi connectivity index (χ2n) is 5.25. The molecule has 0 aliphatic carbocycles. The number of hydrogen-bond donors (Lipinski definition) is 3. The number of sulfonamides is 1. The Morgan fingerprint density at radius 1 is 0.963 bits per heavy atom. The summed E-state index contributed by atoms with van der Waals surface area (Å²) in [5, 5.41) is 0. The van der Waals surface area contributed by atoms with Crippen LogP contribution in [0.25, 0.3) is 0 Å². The predicted molar refractivity (Wildman–Crippen MR) is 92.3 cm³/mol. The van der Waals surface area contributed by atoms with E-state index < -0.39 is 38.1 Å². The van der Waals surface area contributed by atoms with E-state index in [0.29, 0.717) is 0 Å². The van der Waals surface area contributed by atoms with Gasteiger partial charge in [-0.05, 0) is 25.1 Å². The van der Waals surface area contributed by atoms with Gasteiger partial charge >= 0.3 is 17.6 Å². The number of hydrogen-bond acceptors (Lipinski definition) is 8. The Kier molecular flexibility index (Phi) is 5.49. The molecule has 0 fully saturated rings. The average molecular weight is 397 g/mol. The molecule has 0 bridgehead atoms. The summed E-state index contributed by atoms with van der Waals surface area (Å²) in [4.78, 5) is 49.9. The molecule has 1 heterocycles. The zero-order valence-corrected chi connectivity index (χ0v) is 15.2. The molecule has 1 aromatic carbocycles. The van der Waals surface area contributed by atoms with Crippen molar-refractivity contribution in [2.45, 2.75) is 11.8 Å². The maximum absolute atomic E-state index is 12.6. The zero-order valence-electron chi connectivity index (χ0n) is 14.4. The Balaban J connectivity index is 2.59. The molecule has 1 aromatic heterocycles. The van der Waals surface area contributed by atoms with Crippen LogP contribution in [0.15, 0.2) is 32.7 Å². The van der Waals surface area contributed by atoms with E-state index in [2.05, 4.69) is 19.2 Å². The molecule has 0 radical (unpaired) electrons. The lowest BCUT2D eigenvalue weighted by atomic mass is 10.1. The lowest BCUT2D eigenvalue weighted by Gasteiger charge is -2.11. The lowest BCUT2D eigenvalue weighted by Crippen LogP contribution is -2.31. The molecule has 0 saturated carbocycles. The van der Waals surface area contributed by atoms with E-state index in [0.717, 1.165) is 32.4 Å². The van der Waals surface area contributed by atoms with E-state index in [1.54, 1.807) is 0 Å². The minimum atomic E-state index is -4.46. The van der Waals surface area contributed by atoms with Crippen LogP contribution in [0.4, 0.5) is 5.69 Å². The molecule has 0 atom stereocenters. The van der Waals surface area contributed by atoms with Gasteiger partial charge in [0.1, 0.15) is 0 Å². The summed E-state index contributed by atoms with van der Waals surface area (Å²) in [7, 11) is -2.24. The molecule has 3 N–H and O–H groups in total. The van der Waals surface area contributed by atoms with Gasteiger partial charge in [-0.15, -0.1) is 0 Å². The third-order valence-electron chi connectivity index (χ3n) is 3.37. The third kappa shape index (κ3) is 4.23. The van der Waals surface area contributed by atoms with Crippen molar-refractivity contribution in [1.82, 2.24) is 9.97 Å². The van der Waals surface area contributed by atoms with Crippen LogP contribution in [0.1, 0.15) is 26.4 Å². The Labute approximate surface area is 152 Å². The van der Waals surface area contributed by atoms with Crippen molar-refractivity contribution in [2.24, 2.45) is 0 Å². The van der Waals surface area contributed by atoms with Gasteiger partial charge in [0.15, 0.2) is 4.90 Å². The molecular formula is C15H15N3O8S. The van der Waals surface area contributed by atoms with Gasteiger partial charge in [-0.2, -0.15) is 0 Å². The predicted octanol–water partition coefficient (Wildman–Crippen LogP) is -0.254. The van der Waals surface area contributed by atoms with Crippen LogP contribution in [0, 0.1) is 6.92 Å². The number of methoxy groups -OCH3 is 2. The van der Waals surface area contributed by atoms with Crippen molar-refractivity contribution in [1.29, 1.82) is 0 Å². The number of aromatic amines is 2. The summed E-state index contributed by atoms with van der Waals surface area (Å²) in [6.07, 6.45) is 0. The molecular weight excluding hydrogens is 382 g/mol. The van der Waals surface area contributed by atoms with Crippen LogP contribution in [0.3, 0.4) is 0 Å². The highest BCUT2D eigenvalue weighted by Crippen LogP contribution is 2.20. The minimum Gasteiger partial charge on any atom is -0.465 e. The smallest absolute Gasteiger partial charge is 0.337 e. The van der Waals surface area contributed by atoms with Gasteiger partial charge in [0, 0.05) is 5.69 Å². The first-order valence-corrected chi connectivity index (χ1v) is 8.75. The number of anilines is 1. The second-order valence-corrected chi connectivity index (χ2v) is 6.87. The molecule has 0 amide bonds. The average Bonchev–Trinajstić information content (AvgIpc) is 2.58. The molecule has 0 aliphatic rings. The Morgan fingerprint density at radius 3 is 1.93 bits per heavy atom. The number of H-pyrrole nitrogens is 2. The largest absolute Gasteiger partial charge is 0.465 e. The fraction of sp³-hybridized carbons (Fsp3) is 0.200. The van der Waals surface area contributed by atoms with Crippen LogP contribution in [-0.4, -0.2) is 44.5 Å². The van der Waals surface area contributed by atoms with Crippen LogP contribution in [-0.2, 0) is 19.5 Å². The van der Waals surface area contributed by atoms with E-state index in [1.165, 1.54) is 6.92 Å². The van der Waals surface area contributed by atoms with Crippen molar-refractivity contribution in [3.05, 3.63) is 55.9 Å². The molecule has 0 aliphatic heterocycles. The Hall–Kier alpha value is -3.41. The standard InChI is InChI=1S/C15H15N3O8S/c1-7-11(12(19)17-15(22)16-7)27(23,24)18-10-5-8(13(20)25-2)4-9(6-10)14(21)26-3/h4-6,18H,1-3H3,(H2,16,17,19,22). The first kappa shape index (κ1) is 19.9.